The average Bonchev–Trinajstić information content (AvgIpc) is 3.02. The van der Waals surface area contributed by atoms with Crippen molar-refractivity contribution in [3.63, 3.8) is 0 Å². The number of rotatable bonds is 3. The minimum atomic E-state index is 0.656. The zero-order chi connectivity index (χ0) is 13.8. The molecule has 1 aromatic carbocycles. The standard InChI is InChI=1S/C14H14N6/c15-8-11-4-1-2-5-12(11)9-20-7-3-6-13(10-20)14-16-18-19-17-14/h1-2,4-6H,3,7,9-10H2,(H,16,17,18,19). The predicted octanol–water partition coefficient (Wildman–Crippen LogP) is 1.36. The van der Waals surface area contributed by atoms with Crippen molar-refractivity contribution in [3.8, 4) is 6.07 Å². The molecule has 0 fully saturated rings. The lowest BCUT2D eigenvalue weighted by Gasteiger charge is -2.26. The fourth-order valence-corrected chi connectivity index (χ4v) is 2.41. The predicted molar refractivity (Wildman–Crippen MR) is 73.2 cm³/mol. The number of hydrogen-bond donors (Lipinski definition) is 1. The number of nitrogens with one attached hydrogen (secondary N) is 1. The van der Waals surface area contributed by atoms with Gasteiger partial charge < -0.3 is 0 Å². The van der Waals surface area contributed by atoms with Gasteiger partial charge in [0.15, 0.2) is 0 Å². The molecule has 0 amide bonds. The van der Waals surface area contributed by atoms with Crippen LogP contribution in [0.4, 0.5) is 0 Å². The second-order valence-electron chi connectivity index (χ2n) is 4.73. The molecule has 0 saturated carbocycles. The zero-order valence-electron chi connectivity index (χ0n) is 11.0. The van der Waals surface area contributed by atoms with Crippen LogP contribution in [0.1, 0.15) is 23.4 Å². The molecule has 1 N–H and O–H groups in total. The summed E-state index contributed by atoms with van der Waals surface area (Å²) in [6.45, 7) is 2.51. The Bertz CT molecular complexity index is 653. The summed E-state index contributed by atoms with van der Waals surface area (Å²) < 4.78 is 0. The number of benzene rings is 1. The van der Waals surface area contributed by atoms with Gasteiger partial charge in [-0.15, -0.1) is 10.2 Å². The normalized spacial score (nSPS) is 15.7. The highest BCUT2D eigenvalue weighted by Crippen LogP contribution is 2.19. The van der Waals surface area contributed by atoms with E-state index in [1.165, 1.54) is 0 Å². The maximum absolute atomic E-state index is 9.14. The van der Waals surface area contributed by atoms with Gasteiger partial charge in [0.05, 0.1) is 11.6 Å². The minimum Gasteiger partial charge on any atom is -0.294 e. The summed E-state index contributed by atoms with van der Waals surface area (Å²) in [5, 5.41) is 23.3. The van der Waals surface area contributed by atoms with Crippen LogP contribution < -0.4 is 0 Å². The maximum Gasteiger partial charge on any atom is 0.201 e. The van der Waals surface area contributed by atoms with E-state index in [-0.39, 0.29) is 0 Å². The fraction of sp³-hybridized carbons (Fsp3) is 0.286. The van der Waals surface area contributed by atoms with Crippen molar-refractivity contribution >= 4 is 5.57 Å². The number of hydrogen-bond acceptors (Lipinski definition) is 5. The molecular weight excluding hydrogens is 252 g/mol. The van der Waals surface area contributed by atoms with E-state index in [0.717, 1.165) is 42.8 Å². The molecule has 1 aliphatic heterocycles. The van der Waals surface area contributed by atoms with E-state index in [2.05, 4.69) is 37.7 Å². The molecule has 6 nitrogen and oxygen atoms in total. The smallest absolute Gasteiger partial charge is 0.201 e. The summed E-state index contributed by atoms with van der Waals surface area (Å²) in [6.07, 6.45) is 3.11. The molecule has 0 bridgehead atoms. The van der Waals surface area contributed by atoms with Crippen molar-refractivity contribution < 1.29 is 0 Å². The Morgan fingerprint density at radius 2 is 2.25 bits per heavy atom. The van der Waals surface area contributed by atoms with Crippen molar-refractivity contribution in [2.24, 2.45) is 0 Å². The van der Waals surface area contributed by atoms with Gasteiger partial charge in [-0.25, -0.2) is 0 Å². The fourth-order valence-electron chi connectivity index (χ4n) is 2.41. The molecule has 0 radical (unpaired) electrons. The first-order valence-corrected chi connectivity index (χ1v) is 6.50. The van der Waals surface area contributed by atoms with E-state index in [0.29, 0.717) is 5.82 Å². The van der Waals surface area contributed by atoms with Crippen LogP contribution in [-0.2, 0) is 6.54 Å². The molecule has 20 heavy (non-hydrogen) atoms. The molecule has 1 aliphatic rings. The Morgan fingerprint density at radius 3 is 3.05 bits per heavy atom. The van der Waals surface area contributed by atoms with E-state index in [1.807, 2.05) is 24.3 Å². The number of aromatic amines is 1. The summed E-state index contributed by atoms with van der Waals surface area (Å²) >= 11 is 0. The van der Waals surface area contributed by atoms with Crippen LogP contribution in [0.2, 0.25) is 0 Å². The number of nitrogens with zero attached hydrogens (tertiary/aromatic N) is 5. The van der Waals surface area contributed by atoms with Gasteiger partial charge >= 0.3 is 0 Å². The first-order valence-electron chi connectivity index (χ1n) is 6.50. The Labute approximate surface area is 116 Å². The third-order valence-electron chi connectivity index (χ3n) is 3.39. The second kappa shape index (κ2) is 5.63. The average molecular weight is 266 g/mol. The third-order valence-corrected chi connectivity index (χ3v) is 3.39. The molecule has 100 valence electrons. The molecule has 0 spiro atoms. The van der Waals surface area contributed by atoms with Gasteiger partial charge in [0.2, 0.25) is 5.82 Å². The quantitative estimate of drug-likeness (QED) is 0.907. The van der Waals surface area contributed by atoms with Crippen molar-refractivity contribution in [2.45, 2.75) is 13.0 Å². The topological polar surface area (TPSA) is 81.5 Å². The highest BCUT2D eigenvalue weighted by molar-refractivity contribution is 5.61. The molecule has 2 aromatic rings. The molecule has 0 saturated heterocycles. The zero-order valence-corrected chi connectivity index (χ0v) is 11.0. The Kier molecular flexibility index (Phi) is 3.52. The number of tetrazole rings is 1. The molecule has 1 aromatic heterocycles. The first kappa shape index (κ1) is 12.5. The Hall–Kier alpha value is -2.52. The monoisotopic (exact) mass is 266 g/mol. The summed E-state index contributed by atoms with van der Waals surface area (Å²) in [5.41, 5.74) is 2.88. The minimum absolute atomic E-state index is 0.656. The van der Waals surface area contributed by atoms with Gasteiger partial charge in [-0.2, -0.15) is 10.5 Å². The van der Waals surface area contributed by atoms with Gasteiger partial charge in [0, 0.05) is 25.2 Å². The van der Waals surface area contributed by atoms with E-state index < -0.39 is 0 Å². The van der Waals surface area contributed by atoms with Crippen LogP contribution in [0.3, 0.4) is 0 Å². The van der Waals surface area contributed by atoms with Crippen LogP contribution in [0.15, 0.2) is 30.3 Å². The van der Waals surface area contributed by atoms with Crippen LogP contribution in [0, 0.1) is 11.3 Å². The van der Waals surface area contributed by atoms with Crippen LogP contribution in [-0.4, -0.2) is 38.6 Å². The number of nitriles is 1. The van der Waals surface area contributed by atoms with E-state index in [4.69, 9.17) is 5.26 Å². The van der Waals surface area contributed by atoms with Crippen molar-refractivity contribution in [1.82, 2.24) is 25.5 Å². The van der Waals surface area contributed by atoms with Crippen LogP contribution >= 0.6 is 0 Å². The highest BCUT2D eigenvalue weighted by Gasteiger charge is 2.17. The van der Waals surface area contributed by atoms with Gasteiger partial charge in [-0.3, -0.25) is 4.90 Å². The number of H-pyrrole nitrogens is 1. The second-order valence-corrected chi connectivity index (χ2v) is 4.73. The van der Waals surface area contributed by atoms with Crippen LogP contribution in [0.5, 0.6) is 0 Å². The molecule has 0 unspecified atom stereocenters. The third kappa shape index (κ3) is 2.58. The summed E-state index contributed by atoms with van der Waals surface area (Å²) in [4.78, 5) is 2.29. The van der Waals surface area contributed by atoms with Crippen molar-refractivity contribution in [3.05, 3.63) is 47.3 Å². The molecule has 0 atom stereocenters. The largest absolute Gasteiger partial charge is 0.294 e. The van der Waals surface area contributed by atoms with Crippen molar-refractivity contribution in [1.29, 1.82) is 5.26 Å². The lowest BCUT2D eigenvalue weighted by molar-refractivity contribution is 0.296. The molecule has 0 aliphatic carbocycles. The van der Waals surface area contributed by atoms with E-state index in [1.54, 1.807) is 0 Å². The lowest BCUT2D eigenvalue weighted by atomic mass is 10.1. The maximum atomic E-state index is 9.14. The summed E-state index contributed by atoms with van der Waals surface area (Å²) in [6, 6.07) is 9.96. The number of aromatic nitrogens is 4. The van der Waals surface area contributed by atoms with Gasteiger partial charge in [-0.05, 0) is 23.3 Å². The summed E-state index contributed by atoms with van der Waals surface area (Å²) in [7, 11) is 0. The van der Waals surface area contributed by atoms with Gasteiger partial charge in [-0.1, -0.05) is 24.3 Å². The Balaban J connectivity index is 1.74. The van der Waals surface area contributed by atoms with Crippen molar-refractivity contribution in [2.75, 3.05) is 13.1 Å². The molecular formula is C14H14N6. The SMILES string of the molecule is N#Cc1ccccc1CN1CCC=C(c2nn[nH]n2)C1. The highest BCUT2D eigenvalue weighted by atomic mass is 15.5. The molecule has 6 heteroatoms. The van der Waals surface area contributed by atoms with Gasteiger partial charge in [0.25, 0.3) is 0 Å². The van der Waals surface area contributed by atoms with Crippen LogP contribution in [0.25, 0.3) is 5.57 Å². The molecule has 3 rings (SSSR count). The lowest BCUT2D eigenvalue weighted by Crippen LogP contribution is -2.29. The van der Waals surface area contributed by atoms with E-state index in [9.17, 15) is 0 Å². The first-order chi connectivity index (χ1) is 9.86. The van der Waals surface area contributed by atoms with Gasteiger partial charge in [0.1, 0.15) is 0 Å². The molecule has 2 heterocycles. The van der Waals surface area contributed by atoms with E-state index >= 15 is 0 Å². The summed E-state index contributed by atoms with van der Waals surface area (Å²) in [5.74, 6) is 0.656. The Morgan fingerprint density at radius 1 is 1.35 bits per heavy atom.